The van der Waals surface area contributed by atoms with Gasteiger partial charge < -0.3 is 30.9 Å². The molecule has 0 radical (unpaired) electrons. The first-order valence-corrected chi connectivity index (χ1v) is 3.64. The van der Waals surface area contributed by atoms with Crippen LogP contribution in [0.1, 0.15) is 0 Å². The summed E-state index contributed by atoms with van der Waals surface area (Å²) in [5.74, 6) is 0. The summed E-state index contributed by atoms with van der Waals surface area (Å²) in [6, 6.07) is 0. The highest BCUT2D eigenvalue weighted by Crippen LogP contribution is 2.17. The van der Waals surface area contributed by atoms with E-state index in [1.165, 1.54) is 0 Å². The molecule has 3 unspecified atom stereocenters. The number of ether oxygens (including phenoxy) is 1. The lowest BCUT2D eigenvalue weighted by Crippen LogP contribution is -2.61. The summed E-state index contributed by atoms with van der Waals surface area (Å²) in [5, 5.41) is 36.1. The molecule has 0 amide bonds. The molecule has 6 nitrogen and oxygen atoms in total. The van der Waals surface area contributed by atoms with Crippen molar-refractivity contribution >= 4 is 0 Å². The van der Waals surface area contributed by atoms with Crippen molar-refractivity contribution in [2.45, 2.75) is 30.6 Å². The number of aliphatic hydroxyl groups is 4. The summed E-state index contributed by atoms with van der Waals surface area (Å²) in [6.45, 7) is -0.446. The van der Waals surface area contributed by atoms with Gasteiger partial charge in [-0.1, -0.05) is 0 Å². The fraction of sp³-hybridized carbons (Fsp3) is 1.00. The highest BCUT2D eigenvalue weighted by Gasteiger charge is 2.41. The first-order valence-electron chi connectivity index (χ1n) is 3.64. The van der Waals surface area contributed by atoms with Gasteiger partial charge >= 0.3 is 0 Å². The maximum atomic E-state index is 9.18. The zero-order valence-corrected chi connectivity index (χ0v) is 6.37. The van der Waals surface area contributed by atoms with E-state index in [4.69, 9.17) is 25.8 Å². The monoisotopic (exact) mass is 179 g/mol. The molecular formula is C6H13NO5. The Morgan fingerprint density at radius 1 is 1.08 bits per heavy atom. The SMILES string of the molecule is N[C@@H]1OC(CO)[C@H](O)C(O)C1O. The minimum absolute atomic E-state index is 0.446. The fourth-order valence-corrected chi connectivity index (χ4v) is 1.13. The van der Waals surface area contributed by atoms with Crippen molar-refractivity contribution in [3.05, 3.63) is 0 Å². The molecule has 0 spiro atoms. The first-order chi connectivity index (χ1) is 5.57. The summed E-state index contributed by atoms with van der Waals surface area (Å²) in [7, 11) is 0. The zero-order valence-electron chi connectivity index (χ0n) is 6.37. The van der Waals surface area contributed by atoms with Crippen LogP contribution >= 0.6 is 0 Å². The lowest BCUT2D eigenvalue weighted by Gasteiger charge is -2.38. The normalized spacial score (nSPS) is 49.2. The Kier molecular flexibility index (Phi) is 2.99. The van der Waals surface area contributed by atoms with Crippen molar-refractivity contribution in [2.75, 3.05) is 6.61 Å². The average molecular weight is 179 g/mol. The van der Waals surface area contributed by atoms with Crippen molar-refractivity contribution in [1.29, 1.82) is 0 Å². The maximum absolute atomic E-state index is 9.18. The molecule has 1 rings (SSSR count). The fourth-order valence-electron chi connectivity index (χ4n) is 1.13. The van der Waals surface area contributed by atoms with Crippen LogP contribution in [0.25, 0.3) is 0 Å². The zero-order chi connectivity index (χ0) is 9.30. The second-order valence-electron chi connectivity index (χ2n) is 2.79. The van der Waals surface area contributed by atoms with Crippen LogP contribution in [-0.2, 0) is 4.74 Å². The van der Waals surface area contributed by atoms with Gasteiger partial charge in [-0.25, -0.2) is 0 Å². The first kappa shape index (κ1) is 9.85. The van der Waals surface area contributed by atoms with Gasteiger partial charge in [0.1, 0.15) is 30.6 Å². The molecule has 1 saturated heterocycles. The van der Waals surface area contributed by atoms with Crippen LogP contribution in [0.5, 0.6) is 0 Å². The van der Waals surface area contributed by atoms with Gasteiger partial charge in [-0.15, -0.1) is 0 Å². The van der Waals surface area contributed by atoms with E-state index in [-0.39, 0.29) is 0 Å². The predicted octanol–water partition coefficient (Wildman–Crippen LogP) is -3.25. The van der Waals surface area contributed by atoms with E-state index in [1.54, 1.807) is 0 Å². The minimum Gasteiger partial charge on any atom is -0.394 e. The van der Waals surface area contributed by atoms with Crippen LogP contribution in [-0.4, -0.2) is 57.7 Å². The van der Waals surface area contributed by atoms with Gasteiger partial charge in [-0.05, 0) is 0 Å². The lowest BCUT2D eigenvalue weighted by atomic mass is 9.99. The standard InChI is InChI=1S/C6H13NO5/c7-6-5(11)4(10)3(9)2(1-8)12-6/h2-6,8-11H,1,7H2/t2?,3-,4?,5?,6+/m0/s1. The Balaban J connectivity index is 2.63. The van der Waals surface area contributed by atoms with Gasteiger partial charge in [0.15, 0.2) is 0 Å². The van der Waals surface area contributed by atoms with Crippen LogP contribution in [0.2, 0.25) is 0 Å². The van der Waals surface area contributed by atoms with Gasteiger partial charge in [-0.2, -0.15) is 0 Å². The molecule has 72 valence electrons. The van der Waals surface area contributed by atoms with Gasteiger partial charge in [0.2, 0.25) is 0 Å². The third-order valence-electron chi connectivity index (χ3n) is 1.93. The van der Waals surface area contributed by atoms with Crippen LogP contribution in [0.15, 0.2) is 0 Å². The molecule has 0 aliphatic carbocycles. The van der Waals surface area contributed by atoms with E-state index in [1.807, 2.05) is 0 Å². The largest absolute Gasteiger partial charge is 0.394 e. The molecule has 0 saturated carbocycles. The molecule has 1 aliphatic heterocycles. The Hall–Kier alpha value is -0.240. The quantitative estimate of drug-likeness (QED) is 0.288. The molecule has 1 fully saturated rings. The molecule has 0 aromatic carbocycles. The highest BCUT2D eigenvalue weighted by molar-refractivity contribution is 4.89. The van der Waals surface area contributed by atoms with Crippen LogP contribution < -0.4 is 5.73 Å². The van der Waals surface area contributed by atoms with E-state index in [0.29, 0.717) is 0 Å². The van der Waals surface area contributed by atoms with E-state index >= 15 is 0 Å². The van der Waals surface area contributed by atoms with E-state index < -0.39 is 37.3 Å². The molecule has 12 heavy (non-hydrogen) atoms. The second kappa shape index (κ2) is 3.65. The summed E-state index contributed by atoms with van der Waals surface area (Å²) >= 11 is 0. The third kappa shape index (κ3) is 1.58. The molecule has 0 aromatic heterocycles. The van der Waals surface area contributed by atoms with Crippen LogP contribution in [0.4, 0.5) is 0 Å². The summed E-state index contributed by atoms with van der Waals surface area (Å²) in [4.78, 5) is 0. The maximum Gasteiger partial charge on any atom is 0.135 e. The van der Waals surface area contributed by atoms with Gasteiger partial charge in [-0.3, -0.25) is 0 Å². The number of hydrogen-bond acceptors (Lipinski definition) is 6. The van der Waals surface area contributed by atoms with E-state index in [9.17, 15) is 5.11 Å². The molecule has 0 aromatic rings. The van der Waals surface area contributed by atoms with Gasteiger partial charge in [0, 0.05) is 0 Å². The minimum atomic E-state index is -1.37. The van der Waals surface area contributed by atoms with E-state index in [2.05, 4.69) is 0 Å². The average Bonchev–Trinajstić information content (AvgIpc) is 2.08. The molecule has 6 N–H and O–H groups in total. The Labute approximate surface area is 69.2 Å². The predicted molar refractivity (Wildman–Crippen MR) is 38.0 cm³/mol. The second-order valence-corrected chi connectivity index (χ2v) is 2.79. The smallest absolute Gasteiger partial charge is 0.135 e. The number of rotatable bonds is 1. The van der Waals surface area contributed by atoms with Crippen LogP contribution in [0.3, 0.4) is 0 Å². The molecular weight excluding hydrogens is 166 g/mol. The van der Waals surface area contributed by atoms with Crippen molar-refractivity contribution < 1.29 is 25.2 Å². The number of nitrogens with two attached hydrogens (primary N) is 1. The number of aliphatic hydroxyl groups excluding tert-OH is 4. The summed E-state index contributed by atoms with van der Waals surface area (Å²) in [5.41, 5.74) is 5.24. The van der Waals surface area contributed by atoms with Crippen molar-refractivity contribution in [1.82, 2.24) is 0 Å². The Bertz CT molecular complexity index is 150. The van der Waals surface area contributed by atoms with Crippen molar-refractivity contribution in [3.63, 3.8) is 0 Å². The Morgan fingerprint density at radius 3 is 2.17 bits per heavy atom. The third-order valence-corrected chi connectivity index (χ3v) is 1.93. The molecule has 1 heterocycles. The van der Waals surface area contributed by atoms with Crippen molar-refractivity contribution in [3.8, 4) is 0 Å². The van der Waals surface area contributed by atoms with Crippen LogP contribution in [0, 0.1) is 0 Å². The van der Waals surface area contributed by atoms with E-state index in [0.717, 1.165) is 0 Å². The summed E-state index contributed by atoms with van der Waals surface area (Å²) in [6.07, 6.45) is -5.99. The van der Waals surface area contributed by atoms with Gasteiger partial charge in [0.25, 0.3) is 0 Å². The van der Waals surface area contributed by atoms with Crippen molar-refractivity contribution in [2.24, 2.45) is 5.73 Å². The lowest BCUT2D eigenvalue weighted by molar-refractivity contribution is -0.227. The Morgan fingerprint density at radius 2 is 1.67 bits per heavy atom. The number of hydrogen-bond donors (Lipinski definition) is 5. The molecule has 0 bridgehead atoms. The highest BCUT2D eigenvalue weighted by atomic mass is 16.6. The topological polar surface area (TPSA) is 116 Å². The summed E-state index contributed by atoms with van der Waals surface area (Å²) < 4.78 is 4.80. The molecule has 1 aliphatic rings. The molecule has 6 heteroatoms. The van der Waals surface area contributed by atoms with Gasteiger partial charge in [0.05, 0.1) is 6.61 Å². The molecule has 5 atom stereocenters.